The summed E-state index contributed by atoms with van der Waals surface area (Å²) in [6, 6.07) is -0.437. The number of carbonyl (C=O) groups excluding carboxylic acids is 1. The molecule has 0 unspecified atom stereocenters. The van der Waals surface area contributed by atoms with Crippen LogP contribution in [0.15, 0.2) is 0 Å². The van der Waals surface area contributed by atoms with Gasteiger partial charge in [0.25, 0.3) is 5.91 Å². The van der Waals surface area contributed by atoms with E-state index in [9.17, 15) is 4.79 Å². The third-order valence-corrected chi connectivity index (χ3v) is 2.65. The van der Waals surface area contributed by atoms with Gasteiger partial charge in [-0.05, 0) is 13.6 Å². The summed E-state index contributed by atoms with van der Waals surface area (Å²) in [5.74, 6) is 2.56. The van der Waals surface area contributed by atoms with Crippen LogP contribution in [0.4, 0.5) is 0 Å². The highest BCUT2D eigenvalue weighted by Crippen LogP contribution is 2.04. The van der Waals surface area contributed by atoms with Crippen molar-refractivity contribution in [3.8, 4) is 12.3 Å². The molecule has 4 heteroatoms. The van der Waals surface area contributed by atoms with Crippen LogP contribution in [0, 0.1) is 12.3 Å². The summed E-state index contributed by atoms with van der Waals surface area (Å²) in [5.41, 5.74) is 0. The third kappa shape index (κ3) is 2.95. The minimum atomic E-state index is -0.437. The van der Waals surface area contributed by atoms with Gasteiger partial charge in [0.1, 0.15) is 0 Å². The van der Waals surface area contributed by atoms with Gasteiger partial charge in [0.15, 0.2) is 6.04 Å². The third-order valence-electron chi connectivity index (χ3n) is 2.65. The van der Waals surface area contributed by atoms with Crippen LogP contribution in [0.5, 0.6) is 0 Å². The molecule has 1 fully saturated rings. The van der Waals surface area contributed by atoms with Crippen LogP contribution >= 0.6 is 0 Å². The van der Waals surface area contributed by atoms with Crippen molar-refractivity contribution in [3.63, 3.8) is 0 Å². The second-order valence-corrected chi connectivity index (χ2v) is 3.58. The van der Waals surface area contributed by atoms with Crippen molar-refractivity contribution in [2.45, 2.75) is 13.0 Å². The number of terminal acetylenes is 1. The molecule has 0 aliphatic carbocycles. The topological polar surface area (TPSA) is 32.8 Å². The zero-order valence-electron chi connectivity index (χ0n) is 9.40. The fourth-order valence-electron chi connectivity index (χ4n) is 1.53. The summed E-state index contributed by atoms with van der Waals surface area (Å²) in [5, 5.41) is 0. The number of likely N-dealkylation sites (N-methyl/N-ethyl adjacent to an activating group) is 1. The number of morpholine rings is 1. The lowest BCUT2D eigenvalue weighted by Gasteiger charge is -2.31. The Kier molecular flexibility index (Phi) is 4.60. The summed E-state index contributed by atoms with van der Waals surface area (Å²) in [6.45, 7) is 5.27. The SMILES string of the molecule is C#C[C@@H](C(=O)N1CCOCC1)N(C)CC. The van der Waals surface area contributed by atoms with Crippen molar-refractivity contribution in [1.82, 2.24) is 9.80 Å². The number of ether oxygens (including phenoxy) is 1. The molecule has 1 heterocycles. The highest BCUT2D eigenvalue weighted by Gasteiger charge is 2.26. The number of nitrogens with zero attached hydrogens (tertiary/aromatic N) is 2. The predicted octanol–water partition coefficient (Wildman–Crippen LogP) is -0.201. The summed E-state index contributed by atoms with van der Waals surface area (Å²) in [6.07, 6.45) is 5.39. The summed E-state index contributed by atoms with van der Waals surface area (Å²) >= 11 is 0. The molecule has 0 aromatic rings. The average molecular weight is 210 g/mol. The van der Waals surface area contributed by atoms with Gasteiger partial charge in [0, 0.05) is 13.1 Å². The predicted molar refractivity (Wildman–Crippen MR) is 58.3 cm³/mol. The molecule has 0 saturated carbocycles. The number of carbonyl (C=O) groups is 1. The van der Waals surface area contributed by atoms with E-state index in [1.807, 2.05) is 18.9 Å². The molecule has 15 heavy (non-hydrogen) atoms. The van der Waals surface area contributed by atoms with Crippen molar-refractivity contribution in [3.05, 3.63) is 0 Å². The minimum Gasteiger partial charge on any atom is -0.378 e. The molecule has 4 nitrogen and oxygen atoms in total. The second-order valence-electron chi connectivity index (χ2n) is 3.58. The number of amides is 1. The maximum atomic E-state index is 12.0. The molecule has 1 saturated heterocycles. The molecule has 0 spiro atoms. The number of hydrogen-bond donors (Lipinski definition) is 0. The van der Waals surface area contributed by atoms with Crippen LogP contribution in [-0.4, -0.2) is 61.6 Å². The average Bonchev–Trinajstić information content (AvgIpc) is 2.30. The molecule has 0 bridgehead atoms. The number of hydrogen-bond acceptors (Lipinski definition) is 3. The highest BCUT2D eigenvalue weighted by atomic mass is 16.5. The first-order chi connectivity index (χ1) is 7.20. The first-order valence-electron chi connectivity index (χ1n) is 5.23. The molecule has 0 radical (unpaired) electrons. The van der Waals surface area contributed by atoms with E-state index in [0.717, 1.165) is 6.54 Å². The fraction of sp³-hybridized carbons (Fsp3) is 0.727. The zero-order valence-corrected chi connectivity index (χ0v) is 9.40. The van der Waals surface area contributed by atoms with Gasteiger partial charge in [-0.15, -0.1) is 6.42 Å². The molecule has 1 aliphatic heterocycles. The Morgan fingerprint density at radius 1 is 1.60 bits per heavy atom. The van der Waals surface area contributed by atoms with Gasteiger partial charge >= 0.3 is 0 Å². The monoisotopic (exact) mass is 210 g/mol. The van der Waals surface area contributed by atoms with Crippen LogP contribution in [0.25, 0.3) is 0 Å². The van der Waals surface area contributed by atoms with E-state index in [0.29, 0.717) is 26.3 Å². The van der Waals surface area contributed by atoms with Gasteiger partial charge in [-0.2, -0.15) is 0 Å². The molecule has 1 aliphatic rings. The van der Waals surface area contributed by atoms with E-state index < -0.39 is 6.04 Å². The molecular weight excluding hydrogens is 192 g/mol. The summed E-state index contributed by atoms with van der Waals surface area (Å²) in [4.78, 5) is 15.7. The largest absolute Gasteiger partial charge is 0.378 e. The Morgan fingerprint density at radius 2 is 2.20 bits per heavy atom. The van der Waals surface area contributed by atoms with Crippen LogP contribution < -0.4 is 0 Å². The molecule has 1 atom stereocenters. The fourth-order valence-corrected chi connectivity index (χ4v) is 1.53. The Labute approximate surface area is 91.2 Å². The maximum absolute atomic E-state index is 12.0. The van der Waals surface area contributed by atoms with Crippen molar-refractivity contribution in [1.29, 1.82) is 0 Å². The molecule has 0 aromatic heterocycles. The van der Waals surface area contributed by atoms with Crippen molar-refractivity contribution in [2.75, 3.05) is 39.9 Å². The summed E-state index contributed by atoms with van der Waals surface area (Å²) in [7, 11) is 1.86. The lowest BCUT2D eigenvalue weighted by Crippen LogP contribution is -2.50. The molecule has 0 aromatic carbocycles. The molecular formula is C11H18N2O2. The van der Waals surface area contributed by atoms with Crippen LogP contribution in [0.1, 0.15) is 6.92 Å². The van der Waals surface area contributed by atoms with E-state index in [2.05, 4.69) is 5.92 Å². The van der Waals surface area contributed by atoms with Crippen LogP contribution in [-0.2, 0) is 9.53 Å². The molecule has 0 N–H and O–H groups in total. The zero-order chi connectivity index (χ0) is 11.3. The maximum Gasteiger partial charge on any atom is 0.252 e. The first-order valence-corrected chi connectivity index (χ1v) is 5.23. The smallest absolute Gasteiger partial charge is 0.252 e. The van der Waals surface area contributed by atoms with Gasteiger partial charge in [-0.25, -0.2) is 0 Å². The van der Waals surface area contributed by atoms with Crippen molar-refractivity contribution in [2.24, 2.45) is 0 Å². The Balaban J connectivity index is 2.60. The van der Waals surface area contributed by atoms with Crippen LogP contribution in [0.2, 0.25) is 0 Å². The van der Waals surface area contributed by atoms with Crippen LogP contribution in [0.3, 0.4) is 0 Å². The van der Waals surface area contributed by atoms with E-state index in [4.69, 9.17) is 11.2 Å². The number of rotatable bonds is 3. The quantitative estimate of drug-likeness (QED) is 0.605. The van der Waals surface area contributed by atoms with E-state index in [1.165, 1.54) is 0 Å². The van der Waals surface area contributed by atoms with Gasteiger partial charge in [-0.1, -0.05) is 12.8 Å². The Bertz CT molecular complexity index is 254. The first kappa shape index (κ1) is 12.0. The van der Waals surface area contributed by atoms with Crippen molar-refractivity contribution < 1.29 is 9.53 Å². The van der Waals surface area contributed by atoms with Gasteiger partial charge < -0.3 is 9.64 Å². The second kappa shape index (κ2) is 5.74. The normalized spacial score (nSPS) is 18.7. The van der Waals surface area contributed by atoms with E-state index >= 15 is 0 Å². The lowest BCUT2D eigenvalue weighted by atomic mass is 10.2. The lowest BCUT2D eigenvalue weighted by molar-refractivity contribution is -0.138. The van der Waals surface area contributed by atoms with Gasteiger partial charge in [-0.3, -0.25) is 9.69 Å². The van der Waals surface area contributed by atoms with Crippen molar-refractivity contribution >= 4 is 5.91 Å². The summed E-state index contributed by atoms with van der Waals surface area (Å²) < 4.78 is 5.19. The Hall–Kier alpha value is -1.05. The molecule has 1 rings (SSSR count). The highest BCUT2D eigenvalue weighted by molar-refractivity contribution is 5.85. The standard InChI is InChI=1S/C11H18N2O2/c1-4-10(12(3)5-2)11(14)13-6-8-15-9-7-13/h1,10H,5-9H2,2-3H3/t10-/m0/s1. The molecule has 1 amide bonds. The van der Waals surface area contributed by atoms with Gasteiger partial charge in [0.2, 0.25) is 0 Å². The minimum absolute atomic E-state index is 0.0187. The van der Waals surface area contributed by atoms with E-state index in [1.54, 1.807) is 4.90 Å². The Morgan fingerprint density at radius 3 is 2.67 bits per heavy atom. The van der Waals surface area contributed by atoms with Gasteiger partial charge in [0.05, 0.1) is 13.2 Å². The molecule has 84 valence electrons. The van der Waals surface area contributed by atoms with E-state index in [-0.39, 0.29) is 5.91 Å².